The zero-order chi connectivity index (χ0) is 30.3. The van der Waals surface area contributed by atoms with Gasteiger partial charge in [0.05, 0.1) is 17.2 Å². The van der Waals surface area contributed by atoms with Crippen molar-refractivity contribution in [1.82, 2.24) is 0 Å². The maximum absolute atomic E-state index is 10.4. The van der Waals surface area contributed by atoms with E-state index in [1.807, 2.05) is 43.6 Å². The summed E-state index contributed by atoms with van der Waals surface area (Å²) in [5, 5.41) is 12.3. The summed E-state index contributed by atoms with van der Waals surface area (Å²) in [5.41, 5.74) is 8.57. The average Bonchev–Trinajstić information content (AvgIpc) is 3.59. The van der Waals surface area contributed by atoms with Gasteiger partial charge < -0.3 is 4.42 Å². The normalized spacial score (nSPS) is 20.0. The van der Waals surface area contributed by atoms with Crippen molar-refractivity contribution in [2.24, 2.45) is 7.05 Å². The topological polar surface area (TPSA) is 40.8 Å². The summed E-state index contributed by atoms with van der Waals surface area (Å²) in [4.78, 5) is 0. The highest BCUT2D eigenvalue weighted by molar-refractivity contribution is 6.14. The van der Waals surface area contributed by atoms with Crippen LogP contribution in [0.5, 0.6) is 0 Å². The standard InChI is InChI=1S/C37H37N2O/c1-23-14-16-29-30-17-15-25(22-38)33(36(30)40-35(29)32(23)31-13-7-8-21-39(31)4)27-19-18-26(24-10-5-6-11-24)34-28(27)12-9-20-37(34,2)3/h7-8,13-19,21,24H,5-6,9-12,20H2,1-4H3/q+1/i12D2,24D. The molecule has 0 atom stereocenters. The molecule has 0 spiro atoms. The number of rotatable bonds is 3. The van der Waals surface area contributed by atoms with Crippen molar-refractivity contribution in [3.63, 3.8) is 0 Å². The molecule has 1 fully saturated rings. The minimum Gasteiger partial charge on any atom is -0.454 e. The van der Waals surface area contributed by atoms with Gasteiger partial charge in [0.25, 0.3) is 0 Å². The van der Waals surface area contributed by atoms with E-state index in [4.69, 9.17) is 4.42 Å². The first-order valence-electron chi connectivity index (χ1n) is 16.0. The van der Waals surface area contributed by atoms with Gasteiger partial charge in [-0.15, -0.1) is 0 Å². The maximum Gasteiger partial charge on any atom is 0.216 e. The third-order valence-corrected chi connectivity index (χ3v) is 9.24. The predicted molar refractivity (Wildman–Crippen MR) is 162 cm³/mol. The zero-order valence-corrected chi connectivity index (χ0v) is 23.8. The number of hydrogen-bond donors (Lipinski definition) is 0. The lowest BCUT2D eigenvalue weighted by atomic mass is 9.67. The van der Waals surface area contributed by atoms with Gasteiger partial charge in [-0.25, -0.2) is 4.57 Å². The molecule has 0 radical (unpaired) electrons. The van der Waals surface area contributed by atoms with Crippen molar-refractivity contribution in [3.05, 3.63) is 88.6 Å². The van der Waals surface area contributed by atoms with E-state index in [1.165, 1.54) is 0 Å². The number of aromatic nitrogens is 1. The molecule has 3 nitrogen and oxygen atoms in total. The van der Waals surface area contributed by atoms with Crippen molar-refractivity contribution >= 4 is 21.9 Å². The number of hydrogen-bond acceptors (Lipinski definition) is 2. The van der Waals surface area contributed by atoms with Crippen LogP contribution in [0.1, 0.15) is 90.2 Å². The van der Waals surface area contributed by atoms with Crippen molar-refractivity contribution in [2.75, 3.05) is 0 Å². The van der Waals surface area contributed by atoms with Crippen LogP contribution in [-0.4, -0.2) is 0 Å². The molecule has 0 amide bonds. The van der Waals surface area contributed by atoms with E-state index in [0.29, 0.717) is 40.7 Å². The lowest BCUT2D eigenvalue weighted by molar-refractivity contribution is -0.660. The van der Waals surface area contributed by atoms with Gasteiger partial charge in [-0.05, 0) is 96.3 Å². The van der Waals surface area contributed by atoms with Gasteiger partial charge >= 0.3 is 0 Å². The molecule has 1 saturated carbocycles. The summed E-state index contributed by atoms with van der Waals surface area (Å²) < 4.78 is 37.1. The van der Waals surface area contributed by atoms with Crippen molar-refractivity contribution in [3.8, 4) is 28.5 Å². The van der Waals surface area contributed by atoms with Gasteiger partial charge in [0, 0.05) is 32.6 Å². The van der Waals surface area contributed by atoms with E-state index in [1.54, 1.807) is 0 Å². The van der Waals surface area contributed by atoms with E-state index >= 15 is 0 Å². The Labute approximate surface area is 241 Å². The molecule has 40 heavy (non-hydrogen) atoms. The van der Waals surface area contributed by atoms with Gasteiger partial charge in [-0.3, -0.25) is 0 Å². The summed E-state index contributed by atoms with van der Waals surface area (Å²) in [5.74, 6) is -0.714. The summed E-state index contributed by atoms with van der Waals surface area (Å²) >= 11 is 0. The Hall–Kier alpha value is -3.90. The zero-order valence-electron chi connectivity index (χ0n) is 26.8. The van der Waals surface area contributed by atoms with E-state index < -0.39 is 12.3 Å². The van der Waals surface area contributed by atoms with Crippen molar-refractivity contribution in [1.29, 1.82) is 5.26 Å². The number of benzene rings is 3. The van der Waals surface area contributed by atoms with E-state index in [9.17, 15) is 9.37 Å². The molecule has 0 saturated heterocycles. The van der Waals surface area contributed by atoms with Gasteiger partial charge in [0.15, 0.2) is 6.20 Å². The smallest absolute Gasteiger partial charge is 0.216 e. The summed E-state index contributed by atoms with van der Waals surface area (Å²) in [7, 11) is 2.02. The SMILES string of the molecule is [2H]C1([2H])CCC(C)(C)c2c(C3([2H])CCCC3)ccc(-c3c(C#N)ccc4c3oc3c(-c5cccc[n+]5C)c(C)ccc34)c21. The van der Waals surface area contributed by atoms with Crippen LogP contribution in [0, 0.1) is 18.3 Å². The van der Waals surface area contributed by atoms with Gasteiger partial charge in [-0.2, -0.15) is 5.26 Å². The molecule has 0 bridgehead atoms. The number of nitrogens with zero attached hydrogens (tertiary/aromatic N) is 2. The fraction of sp³-hybridized carbons (Fsp3) is 0.351. The Morgan fingerprint density at radius 1 is 0.975 bits per heavy atom. The predicted octanol–water partition coefficient (Wildman–Crippen LogP) is 9.20. The number of furan rings is 1. The van der Waals surface area contributed by atoms with E-state index in [0.717, 1.165) is 70.0 Å². The maximum atomic E-state index is 10.4. The summed E-state index contributed by atoms with van der Waals surface area (Å²) in [6.45, 7) is 6.46. The van der Waals surface area contributed by atoms with Crippen LogP contribution in [0.2, 0.25) is 0 Å². The Morgan fingerprint density at radius 2 is 1.73 bits per heavy atom. The number of fused-ring (bicyclic) bond motifs is 4. The summed E-state index contributed by atoms with van der Waals surface area (Å²) in [6, 6.07) is 20.6. The second kappa shape index (κ2) is 9.34. The molecule has 5 aromatic rings. The molecular formula is C37H37N2O+. The van der Waals surface area contributed by atoms with Crippen LogP contribution in [0.4, 0.5) is 0 Å². The number of aryl methyl sites for hydroxylation is 2. The van der Waals surface area contributed by atoms with E-state index in [-0.39, 0.29) is 5.41 Å². The van der Waals surface area contributed by atoms with Crippen LogP contribution in [0.25, 0.3) is 44.3 Å². The largest absolute Gasteiger partial charge is 0.454 e. The molecule has 3 aromatic carbocycles. The first-order chi connectivity index (χ1) is 20.5. The van der Waals surface area contributed by atoms with Gasteiger partial charge in [-0.1, -0.05) is 51.0 Å². The Balaban J connectivity index is 1.60. The number of nitriles is 1. The van der Waals surface area contributed by atoms with Gasteiger partial charge in [0.1, 0.15) is 18.2 Å². The molecule has 3 heteroatoms. The Morgan fingerprint density at radius 3 is 2.48 bits per heavy atom. The molecule has 200 valence electrons. The lowest BCUT2D eigenvalue weighted by Gasteiger charge is -2.37. The molecule has 0 N–H and O–H groups in total. The first kappa shape index (κ1) is 21.9. The lowest BCUT2D eigenvalue weighted by Crippen LogP contribution is -2.30. The van der Waals surface area contributed by atoms with Crippen molar-refractivity contribution < 1.29 is 13.1 Å². The molecule has 0 unspecified atom stereocenters. The molecule has 7 rings (SSSR count). The first-order valence-corrected chi connectivity index (χ1v) is 14.5. The highest BCUT2D eigenvalue weighted by atomic mass is 16.3. The van der Waals surface area contributed by atoms with Crippen LogP contribution in [-0.2, 0) is 18.8 Å². The molecule has 2 aliphatic rings. The van der Waals surface area contributed by atoms with Crippen LogP contribution >= 0.6 is 0 Å². The van der Waals surface area contributed by atoms with Crippen LogP contribution in [0.15, 0.2) is 65.2 Å². The molecular weight excluding hydrogens is 488 g/mol. The minimum atomic E-state index is -1.61. The van der Waals surface area contributed by atoms with Crippen LogP contribution in [0.3, 0.4) is 0 Å². The van der Waals surface area contributed by atoms with Crippen LogP contribution < -0.4 is 4.57 Å². The molecule has 2 aliphatic carbocycles. The molecule has 2 aromatic heterocycles. The number of pyridine rings is 1. The summed E-state index contributed by atoms with van der Waals surface area (Å²) in [6.07, 6.45) is 5.13. The quantitative estimate of drug-likeness (QED) is 0.219. The van der Waals surface area contributed by atoms with Gasteiger partial charge in [0.2, 0.25) is 5.69 Å². The fourth-order valence-corrected chi connectivity index (χ4v) is 7.15. The highest BCUT2D eigenvalue weighted by Crippen LogP contribution is 2.50. The van der Waals surface area contributed by atoms with E-state index in [2.05, 4.69) is 55.7 Å². The van der Waals surface area contributed by atoms with Crippen molar-refractivity contribution in [2.45, 2.75) is 77.0 Å². The third-order valence-electron chi connectivity index (χ3n) is 9.24. The molecule has 0 aliphatic heterocycles. The average molecular weight is 529 g/mol. The highest BCUT2D eigenvalue weighted by Gasteiger charge is 2.35. The third kappa shape index (κ3) is 3.73. The monoisotopic (exact) mass is 528 g/mol. The Bertz CT molecular complexity index is 1990. The minimum absolute atomic E-state index is 0.302. The Kier molecular flexibility index (Phi) is 5.11. The second-order valence-corrected chi connectivity index (χ2v) is 12.2. The second-order valence-electron chi connectivity index (χ2n) is 12.2. The molecule has 2 heterocycles. The fourth-order valence-electron chi connectivity index (χ4n) is 7.15.